The largest absolute Gasteiger partial charge is 0.390 e. The van der Waals surface area contributed by atoms with E-state index in [9.17, 15) is 18.7 Å². The smallest absolute Gasteiger partial charge is 0.257 e. The Hall–Kier alpha value is -3.31. The molecule has 1 aliphatic rings. The van der Waals surface area contributed by atoms with Gasteiger partial charge < -0.3 is 19.9 Å². The Morgan fingerprint density at radius 2 is 1.79 bits per heavy atom. The van der Waals surface area contributed by atoms with Crippen LogP contribution in [0.2, 0.25) is 0 Å². The molecule has 1 amide bonds. The van der Waals surface area contributed by atoms with Gasteiger partial charge in [0.2, 0.25) is 0 Å². The van der Waals surface area contributed by atoms with Gasteiger partial charge in [0.05, 0.1) is 37.6 Å². The van der Waals surface area contributed by atoms with Crippen LogP contribution in [0, 0.1) is 17.6 Å². The molecule has 1 aliphatic heterocycles. The molecular weight excluding hydrogens is 529 g/mol. The maximum absolute atomic E-state index is 15.2. The molecule has 3 N–H and O–H groups in total. The lowest BCUT2D eigenvalue weighted by Crippen LogP contribution is -2.63. The average molecular weight is 559 g/mol. The number of hydrogen-bond acceptors (Lipinski definition) is 5. The van der Waals surface area contributed by atoms with Crippen LogP contribution >= 0.6 is 12.2 Å². The lowest BCUT2D eigenvalue weighted by atomic mass is 9.71. The lowest BCUT2D eigenvalue weighted by Gasteiger charge is -2.49. The summed E-state index contributed by atoms with van der Waals surface area (Å²) < 4.78 is 54.8. The Morgan fingerprint density at radius 3 is 2.46 bits per heavy atom. The summed E-state index contributed by atoms with van der Waals surface area (Å²) in [5.41, 5.74) is -0.418. The highest BCUT2D eigenvalue weighted by atomic mass is 32.1. The minimum atomic E-state index is -1.62. The second kappa shape index (κ2) is 13.2. The minimum Gasteiger partial charge on any atom is -0.390 e. The molecule has 0 aliphatic carbocycles. The van der Waals surface area contributed by atoms with E-state index < -0.39 is 47.9 Å². The van der Waals surface area contributed by atoms with Gasteiger partial charge >= 0.3 is 0 Å². The van der Waals surface area contributed by atoms with Crippen LogP contribution in [-0.4, -0.2) is 48.2 Å². The van der Waals surface area contributed by atoms with E-state index in [1.165, 1.54) is 6.07 Å². The minimum absolute atomic E-state index is 0.0684. The van der Waals surface area contributed by atoms with E-state index in [0.717, 1.165) is 11.6 Å². The van der Waals surface area contributed by atoms with E-state index in [0.29, 0.717) is 18.2 Å². The van der Waals surface area contributed by atoms with Gasteiger partial charge in [-0.05, 0) is 42.4 Å². The SMILES string of the molecule is O=C(NC(=S)NC1(c2ccc(F)cc2F)COC(COCc2ccccc2)CC1C(O)CF)c1ccccc1. The number of aliphatic hydroxyl groups is 1. The van der Waals surface area contributed by atoms with Crippen LogP contribution in [0.25, 0.3) is 0 Å². The molecule has 206 valence electrons. The van der Waals surface area contributed by atoms with E-state index in [2.05, 4.69) is 10.6 Å². The number of hydrogen-bond donors (Lipinski definition) is 3. The maximum Gasteiger partial charge on any atom is 0.257 e. The van der Waals surface area contributed by atoms with Crippen molar-refractivity contribution in [3.05, 3.63) is 107 Å². The molecule has 0 bridgehead atoms. The van der Waals surface area contributed by atoms with E-state index >= 15 is 4.39 Å². The fraction of sp³-hybridized carbons (Fsp3) is 0.310. The van der Waals surface area contributed by atoms with Gasteiger partial charge in [-0.2, -0.15) is 0 Å². The van der Waals surface area contributed by atoms with Gasteiger partial charge in [-0.3, -0.25) is 10.1 Å². The number of carbonyl (C=O) groups is 1. The Kier molecular flexibility index (Phi) is 9.68. The van der Waals surface area contributed by atoms with Gasteiger partial charge in [0, 0.05) is 23.1 Å². The second-order valence-corrected chi connectivity index (χ2v) is 9.78. The highest BCUT2D eigenvalue weighted by Crippen LogP contribution is 2.41. The van der Waals surface area contributed by atoms with Crippen LogP contribution in [-0.2, 0) is 21.6 Å². The van der Waals surface area contributed by atoms with Crippen LogP contribution in [0.15, 0.2) is 78.9 Å². The predicted molar refractivity (Wildman–Crippen MR) is 144 cm³/mol. The molecule has 10 heteroatoms. The summed E-state index contributed by atoms with van der Waals surface area (Å²) in [4.78, 5) is 12.7. The number of aliphatic hydroxyl groups excluding tert-OH is 1. The van der Waals surface area contributed by atoms with Crippen molar-refractivity contribution in [2.45, 2.75) is 30.8 Å². The van der Waals surface area contributed by atoms with E-state index in [1.54, 1.807) is 30.3 Å². The third-order valence-electron chi connectivity index (χ3n) is 6.75. The Labute approximate surface area is 230 Å². The quantitative estimate of drug-likeness (QED) is 0.338. The first-order chi connectivity index (χ1) is 18.8. The molecule has 1 fully saturated rings. The summed E-state index contributed by atoms with van der Waals surface area (Å²) in [6.45, 7) is -0.931. The molecule has 4 atom stereocenters. The van der Waals surface area contributed by atoms with Crippen molar-refractivity contribution in [1.29, 1.82) is 0 Å². The van der Waals surface area contributed by atoms with Crippen molar-refractivity contribution in [3.8, 4) is 0 Å². The molecule has 6 nitrogen and oxygen atoms in total. The fourth-order valence-corrected chi connectivity index (χ4v) is 5.10. The highest BCUT2D eigenvalue weighted by molar-refractivity contribution is 7.80. The molecule has 39 heavy (non-hydrogen) atoms. The summed E-state index contributed by atoms with van der Waals surface area (Å²) in [6.07, 6.45) is -2.03. The number of alkyl halides is 1. The molecule has 0 saturated carbocycles. The molecule has 0 aromatic heterocycles. The van der Waals surface area contributed by atoms with E-state index in [4.69, 9.17) is 21.7 Å². The monoisotopic (exact) mass is 558 g/mol. The highest BCUT2D eigenvalue weighted by Gasteiger charge is 2.51. The van der Waals surface area contributed by atoms with Crippen molar-refractivity contribution in [2.24, 2.45) is 5.92 Å². The molecule has 0 radical (unpaired) electrons. The number of benzene rings is 3. The zero-order valence-corrected chi connectivity index (χ0v) is 21.8. The summed E-state index contributed by atoms with van der Waals surface area (Å²) >= 11 is 5.39. The van der Waals surface area contributed by atoms with Gasteiger partial charge in [-0.25, -0.2) is 13.2 Å². The van der Waals surface area contributed by atoms with Crippen LogP contribution in [0.4, 0.5) is 13.2 Å². The van der Waals surface area contributed by atoms with E-state index in [-0.39, 0.29) is 30.3 Å². The maximum atomic E-state index is 15.2. The van der Waals surface area contributed by atoms with Crippen molar-refractivity contribution in [2.75, 3.05) is 19.9 Å². The first-order valence-electron chi connectivity index (χ1n) is 12.4. The van der Waals surface area contributed by atoms with Crippen LogP contribution in [0.3, 0.4) is 0 Å². The van der Waals surface area contributed by atoms with Crippen molar-refractivity contribution in [3.63, 3.8) is 0 Å². The Bertz CT molecular complexity index is 1270. The van der Waals surface area contributed by atoms with Crippen LogP contribution in [0.1, 0.15) is 27.9 Å². The molecule has 4 unspecified atom stereocenters. The Morgan fingerprint density at radius 1 is 1.10 bits per heavy atom. The molecule has 1 saturated heterocycles. The number of rotatable bonds is 9. The predicted octanol–water partition coefficient (Wildman–Crippen LogP) is 4.42. The lowest BCUT2D eigenvalue weighted by molar-refractivity contribution is -0.129. The number of carbonyl (C=O) groups excluding carboxylic acids is 1. The average Bonchev–Trinajstić information content (AvgIpc) is 2.94. The third-order valence-corrected chi connectivity index (χ3v) is 6.95. The van der Waals surface area contributed by atoms with Crippen molar-refractivity contribution < 1.29 is 32.5 Å². The zero-order valence-electron chi connectivity index (χ0n) is 21.0. The topological polar surface area (TPSA) is 79.8 Å². The van der Waals surface area contributed by atoms with E-state index in [1.807, 2.05) is 30.3 Å². The van der Waals surface area contributed by atoms with Crippen molar-refractivity contribution in [1.82, 2.24) is 10.6 Å². The molecule has 3 aromatic carbocycles. The number of nitrogens with one attached hydrogen (secondary N) is 2. The molecular formula is C29H29F3N2O4S. The normalized spacial score (nSPS) is 21.6. The van der Waals surface area contributed by atoms with Crippen LogP contribution in [0.5, 0.6) is 0 Å². The number of amides is 1. The van der Waals surface area contributed by atoms with Gasteiger partial charge in [0.15, 0.2) is 5.11 Å². The van der Waals surface area contributed by atoms with Crippen LogP contribution < -0.4 is 10.6 Å². The number of thiocarbonyl (C=S) groups is 1. The van der Waals surface area contributed by atoms with Gasteiger partial charge in [-0.1, -0.05) is 54.6 Å². The molecule has 3 aromatic rings. The zero-order chi connectivity index (χ0) is 27.8. The molecule has 1 heterocycles. The number of ether oxygens (including phenoxy) is 2. The summed E-state index contributed by atoms with van der Waals surface area (Å²) in [5, 5.41) is 16.1. The fourth-order valence-electron chi connectivity index (χ4n) is 4.82. The van der Waals surface area contributed by atoms with Crippen molar-refractivity contribution >= 4 is 23.2 Å². The first kappa shape index (κ1) is 28.7. The standard InChI is InChI=1S/C29H29F3N2O4S/c30-15-26(35)24-14-22(17-37-16-19-7-3-1-4-8-19)38-18-29(24,23-12-11-21(31)13-25(23)32)34-28(39)33-27(36)20-9-5-2-6-10-20/h1-13,22,24,26,35H,14-18H2,(H2,33,34,36,39). The Balaban J connectivity index is 1.58. The van der Waals surface area contributed by atoms with Gasteiger partial charge in [0.25, 0.3) is 5.91 Å². The molecule has 0 spiro atoms. The van der Waals surface area contributed by atoms with Gasteiger partial charge in [0.1, 0.15) is 18.3 Å². The van der Waals surface area contributed by atoms with Gasteiger partial charge in [-0.15, -0.1) is 0 Å². The first-order valence-corrected chi connectivity index (χ1v) is 12.8. The summed E-state index contributed by atoms with van der Waals surface area (Å²) in [5.74, 6) is -3.24. The second-order valence-electron chi connectivity index (χ2n) is 9.37. The number of halogens is 3. The molecule has 4 rings (SSSR count). The summed E-state index contributed by atoms with van der Waals surface area (Å²) in [6, 6.07) is 20.7. The third kappa shape index (κ3) is 7.02. The summed E-state index contributed by atoms with van der Waals surface area (Å²) in [7, 11) is 0.